The number of imidazole rings is 1. The van der Waals surface area contributed by atoms with E-state index in [1.54, 1.807) is 0 Å². The molecular weight excluding hydrogens is 431 g/mol. The number of nitrogens with one attached hydrogen (secondary N) is 1. The molecule has 1 atom stereocenters. The number of aliphatic hydroxyl groups excluding tert-OH is 1. The molecule has 1 aliphatic carbocycles. The van der Waals surface area contributed by atoms with Crippen LogP contribution < -0.4 is 5.73 Å². The van der Waals surface area contributed by atoms with E-state index in [0.29, 0.717) is 18.2 Å². The van der Waals surface area contributed by atoms with Crippen LogP contribution in [-0.4, -0.2) is 37.2 Å². The molecule has 1 saturated carbocycles. The molecule has 0 saturated heterocycles. The zero-order chi connectivity index (χ0) is 24.0. The third-order valence-electron chi connectivity index (χ3n) is 7.61. The summed E-state index contributed by atoms with van der Waals surface area (Å²) in [5.41, 5.74) is 12.8. The first-order valence-electron chi connectivity index (χ1n) is 12.2. The minimum Gasteiger partial charge on any atom is -0.505 e. The Kier molecular flexibility index (Phi) is 6.08. The van der Waals surface area contributed by atoms with Gasteiger partial charge < -0.3 is 20.9 Å². The number of aromatic hydroxyl groups is 1. The molecule has 0 bridgehead atoms. The number of nitrogens with two attached hydrogens (primary N) is 1. The first-order valence-corrected chi connectivity index (χ1v) is 12.2. The number of fused-ring (bicyclic) bond motifs is 1. The van der Waals surface area contributed by atoms with E-state index in [1.165, 1.54) is 17.8 Å². The second-order valence-corrected chi connectivity index (χ2v) is 9.79. The average molecular weight is 465 g/mol. The van der Waals surface area contributed by atoms with Gasteiger partial charge in [-0.2, -0.15) is 0 Å². The van der Waals surface area contributed by atoms with Crippen LogP contribution >= 0.6 is 0 Å². The van der Waals surface area contributed by atoms with E-state index in [4.69, 9.17) is 10.7 Å². The minimum atomic E-state index is -0.633. The van der Waals surface area contributed by atoms with Crippen molar-refractivity contribution in [2.24, 2.45) is 0 Å². The number of halogens is 1. The van der Waals surface area contributed by atoms with E-state index in [-0.39, 0.29) is 17.8 Å². The van der Waals surface area contributed by atoms with Gasteiger partial charge in [-0.05, 0) is 72.6 Å². The fraction of sp³-hybridized carbons (Fsp3) is 0.444. The van der Waals surface area contributed by atoms with Gasteiger partial charge in [-0.3, -0.25) is 4.90 Å². The lowest BCUT2D eigenvalue weighted by atomic mass is 9.92. The minimum absolute atomic E-state index is 0.000118. The monoisotopic (exact) mass is 464 g/mol. The summed E-state index contributed by atoms with van der Waals surface area (Å²) in [7, 11) is 0. The molecule has 1 aliphatic heterocycles. The van der Waals surface area contributed by atoms with Crippen LogP contribution in [0.25, 0.3) is 11.1 Å². The molecule has 180 valence electrons. The van der Waals surface area contributed by atoms with Crippen LogP contribution in [0.3, 0.4) is 0 Å². The zero-order valence-electron chi connectivity index (χ0n) is 19.8. The summed E-state index contributed by atoms with van der Waals surface area (Å²) in [6.07, 6.45) is 4.40. The van der Waals surface area contributed by atoms with Crippen LogP contribution in [0.5, 0.6) is 5.75 Å². The van der Waals surface area contributed by atoms with Crippen LogP contribution in [0.15, 0.2) is 30.3 Å². The van der Waals surface area contributed by atoms with Crippen molar-refractivity contribution in [1.82, 2.24) is 14.9 Å². The van der Waals surface area contributed by atoms with Crippen molar-refractivity contribution >= 4 is 5.69 Å². The van der Waals surface area contributed by atoms with Gasteiger partial charge in [0.05, 0.1) is 17.5 Å². The van der Waals surface area contributed by atoms with Gasteiger partial charge in [0.1, 0.15) is 5.82 Å². The quantitative estimate of drug-likeness (QED) is 0.405. The van der Waals surface area contributed by atoms with Crippen molar-refractivity contribution in [3.63, 3.8) is 0 Å². The number of rotatable bonds is 5. The van der Waals surface area contributed by atoms with Gasteiger partial charge >= 0.3 is 0 Å². The summed E-state index contributed by atoms with van der Waals surface area (Å²) in [6.45, 7) is 5.79. The Morgan fingerprint density at radius 3 is 2.62 bits per heavy atom. The zero-order valence-corrected chi connectivity index (χ0v) is 19.8. The molecule has 0 spiro atoms. The molecule has 3 aromatic rings. The van der Waals surface area contributed by atoms with Crippen LogP contribution in [0.2, 0.25) is 0 Å². The van der Waals surface area contributed by atoms with E-state index in [0.717, 1.165) is 72.5 Å². The molecule has 0 amide bonds. The number of benzene rings is 2. The number of nitrogens with zero attached hydrogens (tertiary/aromatic N) is 2. The molecule has 34 heavy (non-hydrogen) atoms. The molecule has 1 unspecified atom stereocenters. The molecule has 2 heterocycles. The standard InChI is InChI=1S/C27H33FN4O2/c1-3-16-11-26(34)22(28)12-21(16)17-4-9-20(23(29)10-17)15(2)27-30-24-13-32(14-25(24)31-27)18-5-7-19(33)8-6-18/h4,9-12,15,18-19,33-34H,3,5-8,13-14,29H2,1-2H3,(H,30,31). The maximum atomic E-state index is 14.0. The van der Waals surface area contributed by atoms with Crippen LogP contribution in [-0.2, 0) is 19.5 Å². The highest BCUT2D eigenvalue weighted by Crippen LogP contribution is 2.36. The van der Waals surface area contributed by atoms with Crippen molar-refractivity contribution < 1.29 is 14.6 Å². The molecule has 7 heteroatoms. The number of aryl methyl sites for hydroxylation is 1. The van der Waals surface area contributed by atoms with Gasteiger partial charge in [0.25, 0.3) is 0 Å². The summed E-state index contributed by atoms with van der Waals surface area (Å²) in [6, 6.07) is 9.22. The topological polar surface area (TPSA) is 98.4 Å². The Labute approximate surface area is 199 Å². The van der Waals surface area contributed by atoms with E-state index in [1.807, 2.05) is 25.1 Å². The normalized spacial score (nSPS) is 21.5. The largest absolute Gasteiger partial charge is 0.505 e. The Bertz CT molecular complexity index is 1180. The molecule has 5 rings (SSSR count). The maximum Gasteiger partial charge on any atom is 0.165 e. The number of aromatic amines is 1. The fourth-order valence-electron chi connectivity index (χ4n) is 5.52. The number of aliphatic hydroxyl groups is 1. The summed E-state index contributed by atoms with van der Waals surface area (Å²) in [5, 5.41) is 19.5. The number of aromatic nitrogens is 2. The average Bonchev–Trinajstić information content (AvgIpc) is 3.40. The fourth-order valence-corrected chi connectivity index (χ4v) is 5.52. The van der Waals surface area contributed by atoms with Gasteiger partial charge in [-0.25, -0.2) is 9.37 Å². The van der Waals surface area contributed by atoms with Crippen LogP contribution in [0, 0.1) is 5.82 Å². The van der Waals surface area contributed by atoms with Crippen LogP contribution in [0.4, 0.5) is 10.1 Å². The second kappa shape index (κ2) is 9.04. The van der Waals surface area contributed by atoms with Crippen molar-refractivity contribution in [1.29, 1.82) is 0 Å². The second-order valence-electron chi connectivity index (χ2n) is 9.79. The highest BCUT2D eigenvalue weighted by atomic mass is 19.1. The van der Waals surface area contributed by atoms with Gasteiger partial charge in [0.15, 0.2) is 11.6 Å². The molecule has 6 nitrogen and oxygen atoms in total. The number of phenols is 1. The predicted molar refractivity (Wildman–Crippen MR) is 131 cm³/mol. The predicted octanol–water partition coefficient (Wildman–Crippen LogP) is 4.84. The Balaban J connectivity index is 1.34. The highest BCUT2D eigenvalue weighted by molar-refractivity contribution is 5.73. The number of phenolic OH excluding ortho intramolecular Hbond substituents is 1. The summed E-state index contributed by atoms with van der Waals surface area (Å²) in [5.74, 6) is -0.0516. The molecule has 1 aromatic heterocycles. The molecular formula is C27H33FN4O2. The first-order chi connectivity index (χ1) is 16.3. The van der Waals surface area contributed by atoms with E-state index in [9.17, 15) is 14.6 Å². The highest BCUT2D eigenvalue weighted by Gasteiger charge is 2.32. The lowest BCUT2D eigenvalue weighted by Gasteiger charge is -2.32. The summed E-state index contributed by atoms with van der Waals surface area (Å²) in [4.78, 5) is 10.9. The van der Waals surface area contributed by atoms with Crippen molar-refractivity contribution in [2.75, 3.05) is 5.73 Å². The van der Waals surface area contributed by atoms with Gasteiger partial charge in [0, 0.05) is 30.7 Å². The summed E-state index contributed by atoms with van der Waals surface area (Å²) >= 11 is 0. The number of anilines is 1. The van der Waals surface area contributed by atoms with Gasteiger partial charge in [-0.15, -0.1) is 0 Å². The SMILES string of the molecule is CCc1cc(O)c(F)cc1-c1ccc(C(C)c2nc3c([nH]2)CN(C2CCC(O)CC2)C3)c(N)c1. The summed E-state index contributed by atoms with van der Waals surface area (Å²) < 4.78 is 14.0. The van der Waals surface area contributed by atoms with Crippen molar-refractivity contribution in [3.05, 3.63) is 64.5 Å². The number of hydrogen-bond acceptors (Lipinski definition) is 5. The van der Waals surface area contributed by atoms with E-state index in [2.05, 4.69) is 16.8 Å². The molecule has 2 aliphatic rings. The van der Waals surface area contributed by atoms with Crippen molar-refractivity contribution in [2.45, 2.75) is 77.1 Å². The third kappa shape index (κ3) is 4.18. The molecule has 2 aromatic carbocycles. The number of nitrogen functional groups attached to an aromatic ring is 1. The molecule has 1 fully saturated rings. The van der Waals surface area contributed by atoms with Gasteiger partial charge in [0.2, 0.25) is 0 Å². The number of hydrogen-bond donors (Lipinski definition) is 4. The van der Waals surface area contributed by atoms with E-state index < -0.39 is 5.82 Å². The van der Waals surface area contributed by atoms with Gasteiger partial charge in [-0.1, -0.05) is 26.0 Å². The molecule has 0 radical (unpaired) electrons. The van der Waals surface area contributed by atoms with Crippen LogP contribution in [0.1, 0.15) is 73.8 Å². The maximum absolute atomic E-state index is 14.0. The Hall–Kier alpha value is -2.90. The lowest BCUT2D eigenvalue weighted by Crippen LogP contribution is -2.35. The number of H-pyrrole nitrogens is 1. The smallest absolute Gasteiger partial charge is 0.165 e. The van der Waals surface area contributed by atoms with Crippen molar-refractivity contribution in [3.8, 4) is 16.9 Å². The lowest BCUT2D eigenvalue weighted by molar-refractivity contribution is 0.0718. The Morgan fingerprint density at radius 2 is 1.94 bits per heavy atom. The third-order valence-corrected chi connectivity index (χ3v) is 7.61. The molecule has 5 N–H and O–H groups in total. The van der Waals surface area contributed by atoms with E-state index >= 15 is 0 Å². The first kappa shape index (κ1) is 22.9. The Morgan fingerprint density at radius 1 is 1.18 bits per heavy atom.